The van der Waals surface area contributed by atoms with Gasteiger partial charge in [0.15, 0.2) is 0 Å². The summed E-state index contributed by atoms with van der Waals surface area (Å²) in [7, 11) is 0. The van der Waals surface area contributed by atoms with Crippen molar-refractivity contribution in [3.63, 3.8) is 0 Å². The number of halogens is 1. The van der Waals surface area contributed by atoms with Crippen molar-refractivity contribution >= 4 is 17.5 Å². The van der Waals surface area contributed by atoms with Crippen LogP contribution in [0.5, 0.6) is 0 Å². The Hall–Kier alpha value is -1.02. The summed E-state index contributed by atoms with van der Waals surface area (Å²) >= 11 is 6.01. The van der Waals surface area contributed by atoms with Gasteiger partial charge in [0, 0.05) is 29.9 Å². The maximum atomic E-state index is 13.0. The molecule has 1 aliphatic heterocycles. The molecule has 128 valence electrons. The largest absolute Gasteiger partial charge is 0.342 e. The second-order valence-corrected chi connectivity index (χ2v) is 7.24. The van der Waals surface area contributed by atoms with Crippen LogP contribution in [0.3, 0.4) is 0 Å². The summed E-state index contributed by atoms with van der Waals surface area (Å²) in [5.41, 5.74) is 1.32. The van der Waals surface area contributed by atoms with E-state index in [0.717, 1.165) is 56.6 Å². The molecule has 1 aromatic carbocycles. The summed E-state index contributed by atoms with van der Waals surface area (Å²) in [6.45, 7) is 6.14. The topological polar surface area (TPSA) is 20.3 Å². The van der Waals surface area contributed by atoms with E-state index in [1.165, 1.54) is 12.0 Å². The Morgan fingerprint density at radius 3 is 2.43 bits per heavy atom. The van der Waals surface area contributed by atoms with Crippen molar-refractivity contribution in [1.29, 1.82) is 0 Å². The van der Waals surface area contributed by atoms with Crippen LogP contribution in [0.25, 0.3) is 0 Å². The van der Waals surface area contributed by atoms with Crippen LogP contribution >= 0.6 is 11.6 Å². The molecular formula is C20H30ClNO. The summed E-state index contributed by atoms with van der Waals surface area (Å²) in [5.74, 6) is 1.05. The minimum Gasteiger partial charge on any atom is -0.342 e. The molecule has 0 N–H and O–H groups in total. The van der Waals surface area contributed by atoms with Gasteiger partial charge < -0.3 is 4.90 Å². The van der Waals surface area contributed by atoms with E-state index in [4.69, 9.17) is 11.6 Å². The van der Waals surface area contributed by atoms with E-state index in [2.05, 4.69) is 30.9 Å². The fourth-order valence-corrected chi connectivity index (χ4v) is 3.82. The second kappa shape index (κ2) is 9.32. The molecule has 1 amide bonds. The molecule has 0 aromatic heterocycles. The third-order valence-corrected chi connectivity index (χ3v) is 5.20. The predicted octanol–water partition coefficient (Wildman–Crippen LogP) is 5.65. The zero-order chi connectivity index (χ0) is 16.7. The van der Waals surface area contributed by atoms with E-state index < -0.39 is 0 Å². The quantitative estimate of drug-likeness (QED) is 0.657. The van der Waals surface area contributed by atoms with Crippen molar-refractivity contribution < 1.29 is 4.79 Å². The van der Waals surface area contributed by atoms with E-state index in [1.54, 1.807) is 0 Å². The van der Waals surface area contributed by atoms with Crippen molar-refractivity contribution in [1.82, 2.24) is 4.90 Å². The van der Waals surface area contributed by atoms with Crippen LogP contribution in [0.15, 0.2) is 24.3 Å². The Balaban J connectivity index is 2.08. The Labute approximate surface area is 146 Å². The summed E-state index contributed by atoms with van der Waals surface area (Å²) in [6.07, 6.45) is 7.71. The van der Waals surface area contributed by atoms with E-state index in [9.17, 15) is 4.79 Å². The first-order valence-electron chi connectivity index (χ1n) is 9.20. The third-order valence-electron chi connectivity index (χ3n) is 4.95. The Morgan fingerprint density at radius 2 is 1.83 bits per heavy atom. The number of hydrogen-bond acceptors (Lipinski definition) is 1. The highest BCUT2D eigenvalue weighted by Gasteiger charge is 2.27. The van der Waals surface area contributed by atoms with Gasteiger partial charge in [-0.05, 0) is 43.4 Å². The molecular weight excluding hydrogens is 306 g/mol. The minimum absolute atomic E-state index is 0.217. The second-order valence-electron chi connectivity index (χ2n) is 6.80. The predicted molar refractivity (Wildman–Crippen MR) is 97.9 cm³/mol. The summed E-state index contributed by atoms with van der Waals surface area (Å²) in [6, 6.07) is 8.17. The van der Waals surface area contributed by atoms with Crippen LogP contribution in [-0.2, 0) is 4.79 Å². The number of carbonyl (C=O) groups excluding carboxylic acids is 1. The molecule has 1 aliphatic rings. The van der Waals surface area contributed by atoms with Gasteiger partial charge in [-0.1, -0.05) is 56.8 Å². The van der Waals surface area contributed by atoms with E-state index in [-0.39, 0.29) is 5.92 Å². The Morgan fingerprint density at radius 1 is 1.17 bits per heavy atom. The molecule has 2 rings (SSSR count). The monoisotopic (exact) mass is 335 g/mol. The average molecular weight is 336 g/mol. The normalized spacial score (nSPS) is 19.0. The SMILES string of the molecule is CCCC(CCC)C(=O)N1CCCCC(c2ccc(Cl)cc2)C1. The lowest BCUT2D eigenvalue weighted by Gasteiger charge is -2.28. The molecule has 0 bridgehead atoms. The lowest BCUT2D eigenvalue weighted by atomic mass is 9.93. The average Bonchev–Trinajstić information content (AvgIpc) is 2.81. The molecule has 1 atom stereocenters. The first-order chi connectivity index (χ1) is 11.2. The van der Waals surface area contributed by atoms with Crippen LogP contribution in [0.2, 0.25) is 5.02 Å². The van der Waals surface area contributed by atoms with Gasteiger partial charge in [-0.15, -0.1) is 0 Å². The first kappa shape index (κ1) is 18.3. The molecule has 1 saturated heterocycles. The summed E-state index contributed by atoms with van der Waals surface area (Å²) in [4.78, 5) is 15.1. The van der Waals surface area contributed by atoms with Gasteiger partial charge in [-0.2, -0.15) is 0 Å². The number of amides is 1. The standard InChI is InChI=1S/C20H30ClNO/c1-3-7-17(8-4-2)20(23)22-14-6-5-9-18(15-22)16-10-12-19(21)13-11-16/h10-13,17-18H,3-9,14-15H2,1-2H3. The van der Waals surface area contributed by atoms with E-state index in [1.807, 2.05) is 12.1 Å². The lowest BCUT2D eigenvalue weighted by molar-refractivity contribution is -0.136. The molecule has 1 aromatic rings. The fourth-order valence-electron chi connectivity index (χ4n) is 3.70. The first-order valence-corrected chi connectivity index (χ1v) is 9.57. The molecule has 2 nitrogen and oxygen atoms in total. The highest BCUT2D eigenvalue weighted by Crippen LogP contribution is 2.29. The molecule has 1 unspecified atom stereocenters. The van der Waals surface area contributed by atoms with Gasteiger partial charge in [-0.25, -0.2) is 0 Å². The van der Waals surface area contributed by atoms with Crippen LogP contribution in [0.1, 0.15) is 70.3 Å². The van der Waals surface area contributed by atoms with E-state index >= 15 is 0 Å². The molecule has 1 heterocycles. The molecule has 0 saturated carbocycles. The maximum absolute atomic E-state index is 13.0. The van der Waals surface area contributed by atoms with Crippen LogP contribution in [0, 0.1) is 5.92 Å². The van der Waals surface area contributed by atoms with Gasteiger partial charge in [0.1, 0.15) is 0 Å². The Bertz CT molecular complexity index is 479. The summed E-state index contributed by atoms with van der Waals surface area (Å²) in [5, 5.41) is 0.779. The van der Waals surface area contributed by atoms with Crippen molar-refractivity contribution in [2.24, 2.45) is 5.92 Å². The molecule has 23 heavy (non-hydrogen) atoms. The van der Waals surface area contributed by atoms with E-state index in [0.29, 0.717) is 11.8 Å². The number of rotatable bonds is 6. The molecule has 3 heteroatoms. The maximum Gasteiger partial charge on any atom is 0.225 e. The Kier molecular flexibility index (Phi) is 7.42. The van der Waals surface area contributed by atoms with Crippen molar-refractivity contribution in [3.8, 4) is 0 Å². The van der Waals surface area contributed by atoms with Crippen LogP contribution in [0.4, 0.5) is 0 Å². The zero-order valence-electron chi connectivity index (χ0n) is 14.6. The van der Waals surface area contributed by atoms with Crippen molar-refractivity contribution in [2.75, 3.05) is 13.1 Å². The number of likely N-dealkylation sites (tertiary alicyclic amines) is 1. The smallest absolute Gasteiger partial charge is 0.225 e. The number of benzene rings is 1. The third kappa shape index (κ3) is 5.24. The fraction of sp³-hybridized carbons (Fsp3) is 0.650. The molecule has 0 spiro atoms. The van der Waals surface area contributed by atoms with Crippen LogP contribution < -0.4 is 0 Å². The molecule has 1 fully saturated rings. The van der Waals surface area contributed by atoms with Gasteiger partial charge in [-0.3, -0.25) is 4.79 Å². The van der Waals surface area contributed by atoms with Gasteiger partial charge in [0.05, 0.1) is 0 Å². The lowest BCUT2D eigenvalue weighted by Crippen LogP contribution is -2.38. The zero-order valence-corrected chi connectivity index (χ0v) is 15.3. The van der Waals surface area contributed by atoms with Crippen molar-refractivity contribution in [3.05, 3.63) is 34.9 Å². The highest BCUT2D eigenvalue weighted by atomic mass is 35.5. The van der Waals surface area contributed by atoms with Crippen LogP contribution in [-0.4, -0.2) is 23.9 Å². The minimum atomic E-state index is 0.217. The van der Waals surface area contributed by atoms with Gasteiger partial charge >= 0.3 is 0 Å². The molecule has 0 radical (unpaired) electrons. The van der Waals surface area contributed by atoms with Gasteiger partial charge in [0.25, 0.3) is 0 Å². The highest BCUT2D eigenvalue weighted by molar-refractivity contribution is 6.30. The number of hydrogen-bond donors (Lipinski definition) is 0. The summed E-state index contributed by atoms with van der Waals surface area (Å²) < 4.78 is 0. The number of carbonyl (C=O) groups is 1. The van der Waals surface area contributed by atoms with Gasteiger partial charge in [0.2, 0.25) is 5.91 Å². The molecule has 0 aliphatic carbocycles. The van der Waals surface area contributed by atoms with Crippen molar-refractivity contribution in [2.45, 2.75) is 64.7 Å². The number of nitrogens with zero attached hydrogens (tertiary/aromatic N) is 1.